The lowest BCUT2D eigenvalue weighted by Crippen LogP contribution is -2.61. The fraction of sp³-hybridized carbons (Fsp3) is 1.00. The Kier molecular flexibility index (Phi) is 4.81. The van der Waals surface area contributed by atoms with Gasteiger partial charge in [-0.2, -0.15) is 0 Å². The first-order chi connectivity index (χ1) is 6.73. The molecule has 1 aliphatic rings. The molecule has 1 fully saturated rings. The van der Waals surface area contributed by atoms with Gasteiger partial charge in [-0.3, -0.25) is 5.73 Å². The Morgan fingerprint density at radius 1 is 1.07 bits per heavy atom. The highest BCUT2D eigenvalue weighted by Gasteiger charge is 2.34. The Morgan fingerprint density at radius 3 is 2.00 bits per heavy atom. The molecule has 0 spiro atoms. The molecule has 0 radical (unpaired) electrons. The predicted molar refractivity (Wildman–Crippen MR) is 55.6 cm³/mol. The van der Waals surface area contributed by atoms with Gasteiger partial charge in [0.05, 0.1) is 0 Å². The molecule has 0 aromatic carbocycles. The quantitative estimate of drug-likeness (QED) is 0.679. The minimum absolute atomic E-state index is 0.576. The van der Waals surface area contributed by atoms with Crippen LogP contribution in [0, 0.1) is 0 Å². The van der Waals surface area contributed by atoms with Crippen molar-refractivity contribution in [3.63, 3.8) is 0 Å². The van der Waals surface area contributed by atoms with Gasteiger partial charge < -0.3 is 9.47 Å². The SMILES string of the molecule is CCOC(N)(OCC)N1CCCCC1. The fourth-order valence-electron chi connectivity index (χ4n) is 1.84. The van der Waals surface area contributed by atoms with E-state index in [-0.39, 0.29) is 0 Å². The van der Waals surface area contributed by atoms with Crippen molar-refractivity contribution in [2.75, 3.05) is 26.3 Å². The molecule has 0 atom stereocenters. The van der Waals surface area contributed by atoms with E-state index in [0.717, 1.165) is 13.1 Å². The van der Waals surface area contributed by atoms with Crippen LogP contribution in [0.2, 0.25) is 0 Å². The van der Waals surface area contributed by atoms with Crippen molar-refractivity contribution in [2.24, 2.45) is 5.73 Å². The third-order valence-corrected chi connectivity index (χ3v) is 2.50. The second-order valence-corrected chi connectivity index (χ2v) is 3.54. The standard InChI is InChI=1S/C10H22N2O2/c1-3-13-10(11,14-4-2)12-8-6-5-7-9-12/h3-9,11H2,1-2H3. The van der Waals surface area contributed by atoms with Gasteiger partial charge in [0.2, 0.25) is 0 Å². The van der Waals surface area contributed by atoms with Crippen molar-refractivity contribution < 1.29 is 9.47 Å². The van der Waals surface area contributed by atoms with Crippen LogP contribution < -0.4 is 5.73 Å². The summed E-state index contributed by atoms with van der Waals surface area (Å²) in [5.41, 5.74) is 6.08. The molecule has 14 heavy (non-hydrogen) atoms. The molecule has 0 aliphatic carbocycles. The Bertz CT molecular complexity index is 152. The summed E-state index contributed by atoms with van der Waals surface area (Å²) in [6.45, 7) is 6.96. The molecular weight excluding hydrogens is 180 g/mol. The average molecular weight is 202 g/mol. The number of hydrogen-bond donors (Lipinski definition) is 1. The first-order valence-corrected chi connectivity index (χ1v) is 5.54. The van der Waals surface area contributed by atoms with Crippen LogP contribution in [0.15, 0.2) is 0 Å². The molecular formula is C10H22N2O2. The molecule has 1 aliphatic heterocycles. The van der Waals surface area contributed by atoms with E-state index in [2.05, 4.69) is 4.90 Å². The van der Waals surface area contributed by atoms with Crippen LogP contribution in [0.1, 0.15) is 33.1 Å². The van der Waals surface area contributed by atoms with E-state index in [9.17, 15) is 0 Å². The van der Waals surface area contributed by atoms with Crippen molar-refractivity contribution in [3.05, 3.63) is 0 Å². The van der Waals surface area contributed by atoms with Gasteiger partial charge in [-0.15, -0.1) is 0 Å². The van der Waals surface area contributed by atoms with Crippen molar-refractivity contribution in [2.45, 2.75) is 39.1 Å². The zero-order chi connectivity index (χ0) is 10.4. The highest BCUT2D eigenvalue weighted by Crippen LogP contribution is 2.19. The van der Waals surface area contributed by atoms with E-state index in [1.807, 2.05) is 13.8 Å². The molecule has 1 rings (SSSR count). The van der Waals surface area contributed by atoms with E-state index in [1.165, 1.54) is 19.3 Å². The van der Waals surface area contributed by atoms with E-state index in [1.54, 1.807) is 0 Å². The molecule has 0 amide bonds. The maximum Gasteiger partial charge on any atom is 0.291 e. The minimum atomic E-state index is -0.996. The Balaban J connectivity index is 2.54. The number of ether oxygens (including phenoxy) is 2. The van der Waals surface area contributed by atoms with Gasteiger partial charge in [0.1, 0.15) is 0 Å². The number of likely N-dealkylation sites (tertiary alicyclic amines) is 1. The molecule has 1 saturated heterocycles. The number of hydrogen-bond acceptors (Lipinski definition) is 4. The third kappa shape index (κ3) is 2.92. The molecule has 2 N–H and O–H groups in total. The Labute approximate surface area is 86.3 Å². The van der Waals surface area contributed by atoms with Crippen molar-refractivity contribution in [1.82, 2.24) is 4.90 Å². The lowest BCUT2D eigenvalue weighted by atomic mass is 10.1. The Morgan fingerprint density at radius 2 is 1.57 bits per heavy atom. The highest BCUT2D eigenvalue weighted by atomic mass is 16.7. The monoisotopic (exact) mass is 202 g/mol. The Hall–Kier alpha value is -0.160. The lowest BCUT2D eigenvalue weighted by molar-refractivity contribution is -0.315. The van der Waals surface area contributed by atoms with Crippen molar-refractivity contribution in [3.8, 4) is 0 Å². The molecule has 0 aromatic heterocycles. The van der Waals surface area contributed by atoms with Crippen LogP contribution >= 0.6 is 0 Å². The highest BCUT2D eigenvalue weighted by molar-refractivity contribution is 4.70. The molecule has 0 saturated carbocycles. The third-order valence-electron chi connectivity index (χ3n) is 2.50. The summed E-state index contributed by atoms with van der Waals surface area (Å²) in [6, 6.07) is -0.996. The summed E-state index contributed by atoms with van der Waals surface area (Å²) >= 11 is 0. The van der Waals surface area contributed by atoms with Crippen LogP contribution in [0.5, 0.6) is 0 Å². The van der Waals surface area contributed by atoms with Gasteiger partial charge in [-0.25, -0.2) is 4.90 Å². The number of piperidine rings is 1. The second kappa shape index (κ2) is 5.66. The van der Waals surface area contributed by atoms with Gasteiger partial charge in [0, 0.05) is 26.3 Å². The topological polar surface area (TPSA) is 47.7 Å². The minimum Gasteiger partial charge on any atom is -0.325 e. The molecule has 1 heterocycles. The second-order valence-electron chi connectivity index (χ2n) is 3.54. The number of rotatable bonds is 5. The first kappa shape index (κ1) is 11.9. The van der Waals surface area contributed by atoms with Crippen LogP contribution in [-0.2, 0) is 9.47 Å². The van der Waals surface area contributed by atoms with Crippen LogP contribution in [0.4, 0.5) is 0 Å². The fourth-order valence-corrected chi connectivity index (χ4v) is 1.84. The van der Waals surface area contributed by atoms with E-state index < -0.39 is 6.03 Å². The van der Waals surface area contributed by atoms with Crippen LogP contribution in [-0.4, -0.2) is 37.2 Å². The molecule has 0 unspecified atom stereocenters. The molecule has 4 nitrogen and oxygen atoms in total. The zero-order valence-electron chi connectivity index (χ0n) is 9.29. The van der Waals surface area contributed by atoms with E-state index in [4.69, 9.17) is 15.2 Å². The molecule has 4 heteroatoms. The predicted octanol–water partition coefficient (Wildman–Crippen LogP) is 1.12. The average Bonchev–Trinajstić information content (AvgIpc) is 2.20. The van der Waals surface area contributed by atoms with Crippen LogP contribution in [0.25, 0.3) is 0 Å². The van der Waals surface area contributed by atoms with E-state index >= 15 is 0 Å². The first-order valence-electron chi connectivity index (χ1n) is 5.54. The molecule has 84 valence electrons. The molecule has 0 aromatic rings. The zero-order valence-corrected chi connectivity index (χ0v) is 9.29. The maximum absolute atomic E-state index is 6.08. The summed E-state index contributed by atoms with van der Waals surface area (Å²) in [4.78, 5) is 2.09. The summed E-state index contributed by atoms with van der Waals surface area (Å²) in [5, 5.41) is 0. The number of nitrogens with two attached hydrogens (primary N) is 1. The normalized spacial score (nSPS) is 19.9. The smallest absolute Gasteiger partial charge is 0.291 e. The van der Waals surface area contributed by atoms with E-state index in [0.29, 0.717) is 13.2 Å². The van der Waals surface area contributed by atoms with Crippen LogP contribution in [0.3, 0.4) is 0 Å². The molecule has 0 bridgehead atoms. The lowest BCUT2D eigenvalue weighted by Gasteiger charge is -2.41. The summed E-state index contributed by atoms with van der Waals surface area (Å²) in [5.74, 6) is 0. The summed E-state index contributed by atoms with van der Waals surface area (Å²) in [6.07, 6.45) is 3.64. The van der Waals surface area contributed by atoms with Gasteiger partial charge in [-0.1, -0.05) is 6.42 Å². The summed E-state index contributed by atoms with van der Waals surface area (Å²) < 4.78 is 11.0. The van der Waals surface area contributed by atoms with Gasteiger partial charge in [0.15, 0.2) is 0 Å². The van der Waals surface area contributed by atoms with Gasteiger partial charge >= 0.3 is 0 Å². The number of nitrogens with zero attached hydrogens (tertiary/aromatic N) is 1. The maximum atomic E-state index is 6.08. The van der Waals surface area contributed by atoms with Gasteiger partial charge in [0.25, 0.3) is 6.03 Å². The largest absolute Gasteiger partial charge is 0.325 e. The summed E-state index contributed by atoms with van der Waals surface area (Å²) in [7, 11) is 0. The van der Waals surface area contributed by atoms with Crippen molar-refractivity contribution in [1.29, 1.82) is 0 Å². The van der Waals surface area contributed by atoms with Gasteiger partial charge in [-0.05, 0) is 26.7 Å². The van der Waals surface area contributed by atoms with Crippen molar-refractivity contribution >= 4 is 0 Å².